The maximum atomic E-state index is 11.3. The number of carbonyl (C=O) groups is 1. The van der Waals surface area contributed by atoms with Crippen LogP contribution in [0, 0.1) is 0 Å². The molecule has 92 valence electrons. The molecule has 0 radical (unpaired) electrons. The normalized spacial score (nSPS) is 20.1. The second-order valence-electron chi connectivity index (χ2n) is 4.30. The van der Waals surface area contributed by atoms with Gasteiger partial charge in [-0.3, -0.25) is 4.79 Å². The SMILES string of the molecule is CC(=O)N1CCCC(Oc2cccc(Br)c2)C1. The van der Waals surface area contributed by atoms with Gasteiger partial charge in [-0.1, -0.05) is 22.0 Å². The molecule has 1 heterocycles. The molecule has 1 amide bonds. The molecular formula is C13H16BrNO2. The van der Waals surface area contributed by atoms with Crippen molar-refractivity contribution in [3.8, 4) is 5.75 Å². The number of likely N-dealkylation sites (tertiary alicyclic amines) is 1. The van der Waals surface area contributed by atoms with Crippen molar-refractivity contribution in [3.05, 3.63) is 28.7 Å². The highest BCUT2D eigenvalue weighted by molar-refractivity contribution is 9.10. The fraction of sp³-hybridized carbons (Fsp3) is 0.462. The van der Waals surface area contributed by atoms with Gasteiger partial charge in [0.25, 0.3) is 0 Å². The van der Waals surface area contributed by atoms with E-state index in [1.54, 1.807) is 6.92 Å². The van der Waals surface area contributed by atoms with E-state index in [1.165, 1.54) is 0 Å². The van der Waals surface area contributed by atoms with Gasteiger partial charge >= 0.3 is 0 Å². The summed E-state index contributed by atoms with van der Waals surface area (Å²) < 4.78 is 6.90. The molecule has 1 unspecified atom stereocenters. The molecule has 1 aromatic carbocycles. The van der Waals surface area contributed by atoms with Crippen LogP contribution in [0.3, 0.4) is 0 Å². The molecule has 17 heavy (non-hydrogen) atoms. The number of hydrogen-bond acceptors (Lipinski definition) is 2. The highest BCUT2D eigenvalue weighted by Gasteiger charge is 2.22. The van der Waals surface area contributed by atoms with Crippen molar-refractivity contribution in [3.63, 3.8) is 0 Å². The lowest BCUT2D eigenvalue weighted by molar-refractivity contribution is -0.131. The number of hydrogen-bond donors (Lipinski definition) is 0. The van der Waals surface area contributed by atoms with Crippen LogP contribution in [0.25, 0.3) is 0 Å². The summed E-state index contributed by atoms with van der Waals surface area (Å²) in [5.41, 5.74) is 0. The van der Waals surface area contributed by atoms with Crippen molar-refractivity contribution in [2.75, 3.05) is 13.1 Å². The molecular weight excluding hydrogens is 282 g/mol. The highest BCUT2D eigenvalue weighted by Crippen LogP contribution is 2.22. The van der Waals surface area contributed by atoms with Crippen LogP contribution in [0.5, 0.6) is 5.75 Å². The number of nitrogens with zero attached hydrogens (tertiary/aromatic N) is 1. The second-order valence-corrected chi connectivity index (χ2v) is 5.22. The van der Waals surface area contributed by atoms with Crippen LogP contribution in [0.15, 0.2) is 28.7 Å². The zero-order valence-corrected chi connectivity index (χ0v) is 11.4. The molecule has 1 aromatic rings. The lowest BCUT2D eigenvalue weighted by Gasteiger charge is -2.32. The van der Waals surface area contributed by atoms with E-state index in [4.69, 9.17) is 4.74 Å². The monoisotopic (exact) mass is 297 g/mol. The van der Waals surface area contributed by atoms with Gasteiger partial charge in [0.05, 0.1) is 6.54 Å². The Bertz CT molecular complexity index is 408. The topological polar surface area (TPSA) is 29.5 Å². The molecule has 1 aliphatic heterocycles. The van der Waals surface area contributed by atoms with Gasteiger partial charge in [0.1, 0.15) is 11.9 Å². The Morgan fingerprint density at radius 1 is 1.53 bits per heavy atom. The Hall–Kier alpha value is -1.03. The number of benzene rings is 1. The van der Waals surface area contributed by atoms with Crippen molar-refractivity contribution < 1.29 is 9.53 Å². The zero-order valence-electron chi connectivity index (χ0n) is 9.86. The molecule has 0 aliphatic carbocycles. The maximum absolute atomic E-state index is 11.3. The van der Waals surface area contributed by atoms with Crippen molar-refractivity contribution in [2.45, 2.75) is 25.9 Å². The molecule has 0 saturated carbocycles. The average Bonchev–Trinajstić information content (AvgIpc) is 2.29. The Kier molecular flexibility index (Phi) is 4.05. The summed E-state index contributed by atoms with van der Waals surface area (Å²) in [4.78, 5) is 13.2. The van der Waals surface area contributed by atoms with E-state index in [-0.39, 0.29) is 12.0 Å². The number of piperidine rings is 1. The van der Waals surface area contributed by atoms with Gasteiger partial charge in [0, 0.05) is 17.9 Å². The van der Waals surface area contributed by atoms with Crippen LogP contribution in [-0.4, -0.2) is 30.0 Å². The molecule has 1 saturated heterocycles. The average molecular weight is 298 g/mol. The third-order valence-corrected chi connectivity index (χ3v) is 3.42. The van der Waals surface area contributed by atoms with Gasteiger partial charge in [-0.2, -0.15) is 0 Å². The largest absolute Gasteiger partial charge is 0.489 e. The quantitative estimate of drug-likeness (QED) is 0.840. The van der Waals surface area contributed by atoms with Crippen molar-refractivity contribution in [2.24, 2.45) is 0 Å². The fourth-order valence-electron chi connectivity index (χ4n) is 2.05. The third-order valence-electron chi connectivity index (χ3n) is 2.92. The van der Waals surface area contributed by atoms with E-state index < -0.39 is 0 Å². The predicted molar refractivity (Wildman–Crippen MR) is 70.0 cm³/mol. The molecule has 1 atom stereocenters. The summed E-state index contributed by atoms with van der Waals surface area (Å²) in [6.45, 7) is 3.16. The summed E-state index contributed by atoms with van der Waals surface area (Å²) in [6, 6.07) is 7.81. The minimum absolute atomic E-state index is 0.113. The van der Waals surface area contributed by atoms with Gasteiger partial charge in [-0.15, -0.1) is 0 Å². The summed E-state index contributed by atoms with van der Waals surface area (Å²) >= 11 is 3.42. The number of carbonyl (C=O) groups excluding carboxylic acids is 1. The smallest absolute Gasteiger partial charge is 0.219 e. The Balaban J connectivity index is 1.97. The number of rotatable bonds is 2. The predicted octanol–water partition coefficient (Wildman–Crippen LogP) is 2.84. The molecule has 0 aromatic heterocycles. The van der Waals surface area contributed by atoms with E-state index in [1.807, 2.05) is 29.2 Å². The van der Waals surface area contributed by atoms with Crippen LogP contribution in [-0.2, 0) is 4.79 Å². The zero-order chi connectivity index (χ0) is 12.3. The van der Waals surface area contributed by atoms with Gasteiger partial charge in [0.15, 0.2) is 0 Å². The van der Waals surface area contributed by atoms with E-state index in [9.17, 15) is 4.79 Å². The van der Waals surface area contributed by atoms with Gasteiger partial charge in [-0.25, -0.2) is 0 Å². The number of amides is 1. The first-order valence-electron chi connectivity index (χ1n) is 5.83. The number of ether oxygens (including phenoxy) is 1. The first-order valence-corrected chi connectivity index (χ1v) is 6.62. The first-order chi connectivity index (χ1) is 8.15. The Labute approximate surface area is 110 Å². The van der Waals surface area contributed by atoms with Gasteiger partial charge in [0.2, 0.25) is 5.91 Å². The minimum atomic E-state index is 0.113. The van der Waals surface area contributed by atoms with E-state index in [0.717, 1.165) is 29.6 Å². The fourth-order valence-corrected chi connectivity index (χ4v) is 2.43. The van der Waals surface area contributed by atoms with Crippen LogP contribution < -0.4 is 4.74 Å². The van der Waals surface area contributed by atoms with Crippen LogP contribution >= 0.6 is 15.9 Å². The standard InChI is InChI=1S/C13H16BrNO2/c1-10(16)15-7-3-6-13(9-15)17-12-5-2-4-11(14)8-12/h2,4-5,8,13H,3,6-7,9H2,1H3. The van der Waals surface area contributed by atoms with Crippen LogP contribution in [0.4, 0.5) is 0 Å². The van der Waals surface area contributed by atoms with Crippen LogP contribution in [0.2, 0.25) is 0 Å². The second kappa shape index (κ2) is 5.54. The third kappa shape index (κ3) is 3.46. The maximum Gasteiger partial charge on any atom is 0.219 e. The van der Waals surface area contributed by atoms with Gasteiger partial charge in [-0.05, 0) is 31.0 Å². The molecule has 0 N–H and O–H groups in total. The summed E-state index contributed by atoms with van der Waals surface area (Å²) in [5.74, 6) is 0.988. The summed E-state index contributed by atoms with van der Waals surface area (Å²) in [5, 5.41) is 0. The number of halogens is 1. The Morgan fingerprint density at radius 3 is 3.06 bits per heavy atom. The molecule has 1 aliphatic rings. The minimum Gasteiger partial charge on any atom is -0.489 e. The van der Waals surface area contributed by atoms with Crippen molar-refractivity contribution in [1.82, 2.24) is 4.90 Å². The lowest BCUT2D eigenvalue weighted by Crippen LogP contribution is -2.43. The van der Waals surface area contributed by atoms with E-state index >= 15 is 0 Å². The molecule has 0 bridgehead atoms. The molecule has 0 spiro atoms. The first kappa shape index (κ1) is 12.4. The van der Waals surface area contributed by atoms with Gasteiger partial charge < -0.3 is 9.64 Å². The van der Waals surface area contributed by atoms with E-state index in [2.05, 4.69) is 15.9 Å². The van der Waals surface area contributed by atoms with E-state index in [0.29, 0.717) is 6.54 Å². The van der Waals surface area contributed by atoms with Crippen molar-refractivity contribution in [1.29, 1.82) is 0 Å². The lowest BCUT2D eigenvalue weighted by atomic mass is 10.1. The van der Waals surface area contributed by atoms with Crippen molar-refractivity contribution >= 4 is 21.8 Å². The highest BCUT2D eigenvalue weighted by atomic mass is 79.9. The molecule has 1 fully saturated rings. The summed E-state index contributed by atoms with van der Waals surface area (Å²) in [7, 11) is 0. The van der Waals surface area contributed by atoms with Crippen LogP contribution in [0.1, 0.15) is 19.8 Å². The molecule has 2 rings (SSSR count). The summed E-state index contributed by atoms with van der Waals surface area (Å²) in [6.07, 6.45) is 2.14. The molecule has 3 nitrogen and oxygen atoms in total. The molecule has 4 heteroatoms. The Morgan fingerprint density at radius 2 is 2.35 bits per heavy atom.